The van der Waals surface area contributed by atoms with Crippen LogP contribution in [0.15, 0.2) is 18.2 Å². The van der Waals surface area contributed by atoms with Gasteiger partial charge in [-0.15, -0.1) is 0 Å². The molecule has 76 valence electrons. The van der Waals surface area contributed by atoms with Gasteiger partial charge in [0.2, 0.25) is 0 Å². The van der Waals surface area contributed by atoms with E-state index >= 15 is 0 Å². The number of fused-ring (bicyclic) bond motifs is 1. The van der Waals surface area contributed by atoms with Crippen LogP contribution in [0.3, 0.4) is 0 Å². The first kappa shape index (κ1) is 9.15. The van der Waals surface area contributed by atoms with E-state index in [2.05, 4.69) is 0 Å². The molecule has 1 aromatic rings. The minimum atomic E-state index is -0.0469. The molecule has 0 bridgehead atoms. The summed E-state index contributed by atoms with van der Waals surface area (Å²) < 4.78 is 16.1. The van der Waals surface area contributed by atoms with E-state index in [0.717, 1.165) is 5.75 Å². The van der Waals surface area contributed by atoms with Crippen LogP contribution in [0, 0.1) is 0 Å². The van der Waals surface area contributed by atoms with E-state index in [-0.39, 0.29) is 6.10 Å². The fraction of sp³-hybridized carbons (Fsp3) is 0.400. The summed E-state index contributed by atoms with van der Waals surface area (Å²) in [6.45, 7) is 1.04. The van der Waals surface area contributed by atoms with Crippen molar-refractivity contribution < 1.29 is 14.2 Å². The van der Waals surface area contributed by atoms with Crippen molar-refractivity contribution in [2.45, 2.75) is 6.10 Å². The van der Waals surface area contributed by atoms with Gasteiger partial charge in [-0.25, -0.2) is 0 Å². The van der Waals surface area contributed by atoms with Crippen molar-refractivity contribution in [3.05, 3.63) is 18.2 Å². The predicted octanol–water partition coefficient (Wildman–Crippen LogP) is 1.06. The highest BCUT2D eigenvalue weighted by atomic mass is 16.6. The van der Waals surface area contributed by atoms with Crippen LogP contribution in [0.25, 0.3) is 0 Å². The second kappa shape index (κ2) is 3.75. The predicted molar refractivity (Wildman–Crippen MR) is 52.6 cm³/mol. The van der Waals surface area contributed by atoms with Gasteiger partial charge in [0.25, 0.3) is 0 Å². The smallest absolute Gasteiger partial charge is 0.163 e. The maximum atomic E-state index is 5.63. The number of nitrogen functional groups attached to an aromatic ring is 1. The van der Waals surface area contributed by atoms with Crippen LogP contribution in [-0.4, -0.2) is 26.4 Å². The summed E-state index contributed by atoms with van der Waals surface area (Å²) in [5.74, 6) is 1.44. The molecular formula is C10H13NO3. The van der Waals surface area contributed by atoms with Gasteiger partial charge in [-0.3, -0.25) is 0 Å². The summed E-state index contributed by atoms with van der Waals surface area (Å²) in [5.41, 5.74) is 6.31. The van der Waals surface area contributed by atoms with E-state index in [0.29, 0.717) is 24.7 Å². The lowest BCUT2D eigenvalue weighted by Gasteiger charge is -2.26. The molecular weight excluding hydrogens is 182 g/mol. The van der Waals surface area contributed by atoms with E-state index < -0.39 is 0 Å². The van der Waals surface area contributed by atoms with Crippen molar-refractivity contribution in [1.29, 1.82) is 0 Å². The Morgan fingerprint density at radius 1 is 1.50 bits per heavy atom. The fourth-order valence-electron chi connectivity index (χ4n) is 1.40. The Bertz CT molecular complexity index is 327. The Morgan fingerprint density at radius 2 is 2.36 bits per heavy atom. The van der Waals surface area contributed by atoms with Crippen molar-refractivity contribution in [3.8, 4) is 11.5 Å². The molecule has 4 nitrogen and oxygen atoms in total. The Balaban J connectivity index is 2.16. The summed E-state index contributed by atoms with van der Waals surface area (Å²) in [6, 6.07) is 5.36. The normalized spacial score (nSPS) is 19.4. The fourth-order valence-corrected chi connectivity index (χ4v) is 1.40. The molecule has 0 saturated heterocycles. The molecule has 4 heteroatoms. The van der Waals surface area contributed by atoms with Gasteiger partial charge in [0.1, 0.15) is 6.61 Å². The largest absolute Gasteiger partial charge is 0.486 e. The lowest BCUT2D eigenvalue weighted by atomic mass is 10.2. The monoisotopic (exact) mass is 195 g/mol. The summed E-state index contributed by atoms with van der Waals surface area (Å²) >= 11 is 0. The van der Waals surface area contributed by atoms with Crippen LogP contribution in [-0.2, 0) is 4.74 Å². The van der Waals surface area contributed by atoms with Crippen molar-refractivity contribution in [2.24, 2.45) is 0 Å². The number of ether oxygens (including phenoxy) is 3. The highest BCUT2D eigenvalue weighted by molar-refractivity contribution is 5.52. The first-order valence-electron chi connectivity index (χ1n) is 4.47. The molecule has 0 amide bonds. The molecule has 1 unspecified atom stereocenters. The second-order valence-corrected chi connectivity index (χ2v) is 3.21. The summed E-state index contributed by atoms with van der Waals surface area (Å²) in [5, 5.41) is 0. The molecule has 2 rings (SSSR count). The van der Waals surface area contributed by atoms with Gasteiger partial charge in [0, 0.05) is 18.9 Å². The van der Waals surface area contributed by atoms with Crippen LogP contribution in [0.5, 0.6) is 11.5 Å². The van der Waals surface area contributed by atoms with Gasteiger partial charge >= 0.3 is 0 Å². The lowest BCUT2D eigenvalue weighted by molar-refractivity contribution is 0.0273. The molecule has 2 N–H and O–H groups in total. The maximum absolute atomic E-state index is 5.63. The molecule has 1 aliphatic rings. The van der Waals surface area contributed by atoms with E-state index in [1.165, 1.54) is 0 Å². The van der Waals surface area contributed by atoms with Gasteiger partial charge in [0.05, 0.1) is 6.61 Å². The average Bonchev–Trinajstić information content (AvgIpc) is 2.17. The Labute approximate surface area is 82.6 Å². The highest BCUT2D eigenvalue weighted by Crippen LogP contribution is 2.33. The third-order valence-corrected chi connectivity index (χ3v) is 2.04. The molecule has 1 atom stereocenters. The molecule has 0 aliphatic carbocycles. The zero-order valence-corrected chi connectivity index (χ0v) is 8.03. The van der Waals surface area contributed by atoms with Crippen molar-refractivity contribution in [2.75, 3.05) is 26.1 Å². The van der Waals surface area contributed by atoms with Crippen LogP contribution in [0.4, 0.5) is 5.69 Å². The number of anilines is 1. The molecule has 0 fully saturated rings. The number of benzene rings is 1. The average molecular weight is 195 g/mol. The Kier molecular flexibility index (Phi) is 2.45. The number of methoxy groups -OCH3 is 1. The lowest BCUT2D eigenvalue weighted by Crippen LogP contribution is -2.32. The highest BCUT2D eigenvalue weighted by Gasteiger charge is 2.20. The van der Waals surface area contributed by atoms with E-state index in [9.17, 15) is 0 Å². The van der Waals surface area contributed by atoms with E-state index in [1.54, 1.807) is 19.2 Å². The SMILES string of the molecule is COCC1COc2ccc(N)cc2O1. The topological polar surface area (TPSA) is 53.7 Å². The minimum absolute atomic E-state index is 0.0469. The zero-order chi connectivity index (χ0) is 9.97. The summed E-state index contributed by atoms with van der Waals surface area (Å²) in [4.78, 5) is 0. The van der Waals surface area contributed by atoms with Crippen molar-refractivity contribution >= 4 is 5.69 Å². The number of hydrogen-bond acceptors (Lipinski definition) is 4. The summed E-state index contributed by atoms with van der Waals surface area (Å²) in [7, 11) is 1.64. The van der Waals surface area contributed by atoms with Crippen LogP contribution in [0.2, 0.25) is 0 Å². The third kappa shape index (κ3) is 1.75. The molecule has 0 aromatic heterocycles. The van der Waals surface area contributed by atoms with Gasteiger partial charge in [-0.2, -0.15) is 0 Å². The van der Waals surface area contributed by atoms with Crippen LogP contribution >= 0.6 is 0 Å². The van der Waals surface area contributed by atoms with Crippen LogP contribution < -0.4 is 15.2 Å². The van der Waals surface area contributed by atoms with Gasteiger partial charge in [-0.05, 0) is 12.1 Å². The molecule has 1 aliphatic heterocycles. The summed E-state index contributed by atoms with van der Waals surface area (Å²) in [6.07, 6.45) is -0.0469. The molecule has 1 heterocycles. The molecule has 0 saturated carbocycles. The number of rotatable bonds is 2. The molecule has 1 aromatic carbocycles. The van der Waals surface area contributed by atoms with Crippen molar-refractivity contribution in [1.82, 2.24) is 0 Å². The first-order chi connectivity index (χ1) is 6.79. The molecule has 0 radical (unpaired) electrons. The molecule has 0 spiro atoms. The second-order valence-electron chi connectivity index (χ2n) is 3.21. The zero-order valence-electron chi connectivity index (χ0n) is 8.03. The maximum Gasteiger partial charge on any atom is 0.163 e. The number of nitrogens with two attached hydrogens (primary N) is 1. The number of hydrogen-bond donors (Lipinski definition) is 1. The standard InChI is InChI=1S/C10H13NO3/c1-12-5-8-6-13-9-3-2-7(11)4-10(9)14-8/h2-4,8H,5-6,11H2,1H3. The van der Waals surface area contributed by atoms with E-state index in [4.69, 9.17) is 19.9 Å². The van der Waals surface area contributed by atoms with Gasteiger partial charge in [-0.1, -0.05) is 0 Å². The third-order valence-electron chi connectivity index (χ3n) is 2.04. The Morgan fingerprint density at radius 3 is 3.14 bits per heavy atom. The van der Waals surface area contributed by atoms with Crippen LogP contribution in [0.1, 0.15) is 0 Å². The first-order valence-corrected chi connectivity index (χ1v) is 4.47. The minimum Gasteiger partial charge on any atom is -0.486 e. The molecule has 14 heavy (non-hydrogen) atoms. The van der Waals surface area contributed by atoms with Gasteiger partial charge < -0.3 is 19.9 Å². The Hall–Kier alpha value is -1.42. The van der Waals surface area contributed by atoms with Gasteiger partial charge in [0.15, 0.2) is 17.6 Å². The van der Waals surface area contributed by atoms with Crippen molar-refractivity contribution in [3.63, 3.8) is 0 Å². The quantitative estimate of drug-likeness (QED) is 0.717. The van der Waals surface area contributed by atoms with E-state index in [1.807, 2.05) is 6.07 Å².